The number of hydrogen-bond acceptors (Lipinski definition) is 3. The fraction of sp³-hybridized carbons (Fsp3) is 0.0698. The summed E-state index contributed by atoms with van der Waals surface area (Å²) in [4.78, 5) is 3.68. The first-order valence-electron chi connectivity index (χ1n) is 16.0. The summed E-state index contributed by atoms with van der Waals surface area (Å²) in [5.41, 5.74) is 7.14. The van der Waals surface area contributed by atoms with Crippen LogP contribution in [0.15, 0.2) is 169 Å². The van der Waals surface area contributed by atoms with Gasteiger partial charge in [-0.15, -0.1) is 0 Å². The zero-order valence-electron chi connectivity index (χ0n) is 25.3. The van der Waals surface area contributed by atoms with Crippen molar-refractivity contribution in [2.75, 3.05) is 10.2 Å². The lowest BCUT2D eigenvalue weighted by atomic mass is 9.96. The van der Waals surface area contributed by atoms with Gasteiger partial charge in [-0.1, -0.05) is 127 Å². The zero-order chi connectivity index (χ0) is 30.5. The predicted octanol–water partition coefficient (Wildman–Crippen LogP) is 12.3. The molecule has 2 aliphatic rings. The molecule has 1 heterocycles. The number of thioether (sulfide) groups is 1. The molecule has 0 saturated carbocycles. The van der Waals surface area contributed by atoms with Crippen molar-refractivity contribution in [3.05, 3.63) is 164 Å². The van der Waals surface area contributed by atoms with Gasteiger partial charge in [-0.05, 0) is 93.0 Å². The standard InChI is InChI=1S/C43H32N2S/c1-3-10-32(11-4-1)43-44-42-40(46-43)26-21-31-15-16-35-27-34(20-25-39(35)41(31)42)30-17-22-37(23-18-30)45(36-13-5-2-6-14-36)38-24-19-29-9-7-8-12-33(29)28-38/h1-10,12-28,32,43-44H,11H2. The summed E-state index contributed by atoms with van der Waals surface area (Å²) >= 11 is 1.97. The number of fused-ring (bicyclic) bond motifs is 6. The van der Waals surface area contributed by atoms with Gasteiger partial charge in [0.15, 0.2) is 0 Å². The average Bonchev–Trinajstić information content (AvgIpc) is 3.57. The van der Waals surface area contributed by atoms with Crippen LogP contribution >= 0.6 is 11.8 Å². The molecule has 0 spiro atoms. The van der Waals surface area contributed by atoms with E-state index in [4.69, 9.17) is 0 Å². The Balaban J connectivity index is 1.07. The number of hydrogen-bond donors (Lipinski definition) is 1. The van der Waals surface area contributed by atoms with Crippen molar-refractivity contribution < 1.29 is 0 Å². The lowest BCUT2D eigenvalue weighted by Gasteiger charge is -2.26. The fourth-order valence-electron chi connectivity index (χ4n) is 7.03. The van der Waals surface area contributed by atoms with Crippen molar-refractivity contribution in [2.45, 2.75) is 16.7 Å². The second-order valence-electron chi connectivity index (χ2n) is 12.2. The third kappa shape index (κ3) is 4.76. The molecule has 2 unspecified atom stereocenters. The van der Waals surface area contributed by atoms with Gasteiger partial charge < -0.3 is 10.2 Å². The van der Waals surface area contributed by atoms with E-state index < -0.39 is 0 Å². The van der Waals surface area contributed by atoms with Gasteiger partial charge in [0.05, 0.1) is 11.1 Å². The molecule has 0 aromatic heterocycles. The molecule has 2 nitrogen and oxygen atoms in total. The molecule has 46 heavy (non-hydrogen) atoms. The highest BCUT2D eigenvalue weighted by Crippen LogP contribution is 2.48. The van der Waals surface area contributed by atoms with Gasteiger partial charge in [-0.2, -0.15) is 0 Å². The van der Waals surface area contributed by atoms with Crippen LogP contribution in [0.3, 0.4) is 0 Å². The van der Waals surface area contributed by atoms with E-state index in [0.717, 1.165) is 23.5 Å². The summed E-state index contributed by atoms with van der Waals surface area (Å²) in [6.45, 7) is 0. The van der Waals surface area contributed by atoms with E-state index in [1.807, 2.05) is 11.8 Å². The number of allylic oxidation sites excluding steroid dienone is 3. The molecule has 7 aromatic carbocycles. The Morgan fingerprint density at radius 1 is 0.565 bits per heavy atom. The van der Waals surface area contributed by atoms with Crippen molar-refractivity contribution in [1.82, 2.24) is 0 Å². The molecule has 0 fully saturated rings. The Hall–Kier alpha value is -5.25. The number of anilines is 4. The molecular formula is C43H32N2S. The van der Waals surface area contributed by atoms with Gasteiger partial charge in [0, 0.05) is 33.3 Å². The van der Waals surface area contributed by atoms with Gasteiger partial charge in [0.2, 0.25) is 0 Å². The monoisotopic (exact) mass is 608 g/mol. The van der Waals surface area contributed by atoms with E-state index in [9.17, 15) is 0 Å². The smallest absolute Gasteiger partial charge is 0.0836 e. The van der Waals surface area contributed by atoms with Crippen LogP contribution in [-0.4, -0.2) is 5.37 Å². The summed E-state index contributed by atoms with van der Waals surface area (Å²) in [6.07, 6.45) is 10.0. The van der Waals surface area contributed by atoms with Crippen LogP contribution in [0.4, 0.5) is 22.7 Å². The Kier molecular flexibility index (Phi) is 6.64. The molecule has 1 N–H and O–H groups in total. The van der Waals surface area contributed by atoms with Crippen molar-refractivity contribution >= 4 is 66.8 Å². The number of nitrogens with zero attached hydrogens (tertiary/aromatic N) is 1. The SMILES string of the molecule is C1=CCC(C2Nc3c(ccc4ccc5cc(-c6ccc(N(c7ccccc7)c7ccc8ccccc8c7)cc6)ccc5c34)S2)C=C1. The quantitative estimate of drug-likeness (QED) is 0.196. The fourth-order valence-corrected chi connectivity index (χ4v) is 8.28. The van der Waals surface area contributed by atoms with E-state index in [2.05, 4.69) is 174 Å². The van der Waals surface area contributed by atoms with Crippen molar-refractivity contribution in [2.24, 2.45) is 5.92 Å². The summed E-state index contributed by atoms with van der Waals surface area (Å²) < 4.78 is 0. The van der Waals surface area contributed by atoms with Crippen LogP contribution in [0.2, 0.25) is 0 Å². The molecule has 1 aliphatic heterocycles. The van der Waals surface area contributed by atoms with Crippen LogP contribution in [-0.2, 0) is 0 Å². The van der Waals surface area contributed by atoms with E-state index in [-0.39, 0.29) is 0 Å². The Morgan fingerprint density at radius 3 is 2.13 bits per heavy atom. The van der Waals surface area contributed by atoms with Crippen molar-refractivity contribution in [1.29, 1.82) is 0 Å². The summed E-state index contributed by atoms with van der Waals surface area (Å²) in [7, 11) is 0. The maximum absolute atomic E-state index is 3.91. The highest BCUT2D eigenvalue weighted by Gasteiger charge is 2.29. The molecule has 0 radical (unpaired) electrons. The molecule has 7 aromatic rings. The minimum atomic E-state index is 0.361. The Bertz CT molecular complexity index is 2300. The number of rotatable bonds is 5. The first kappa shape index (κ1) is 27.1. The third-order valence-corrected chi connectivity index (χ3v) is 10.7. The van der Waals surface area contributed by atoms with Crippen LogP contribution in [0.1, 0.15) is 6.42 Å². The zero-order valence-corrected chi connectivity index (χ0v) is 26.1. The van der Waals surface area contributed by atoms with E-state index in [1.165, 1.54) is 54.0 Å². The third-order valence-electron chi connectivity index (χ3n) is 9.37. The van der Waals surface area contributed by atoms with Crippen molar-refractivity contribution in [3.63, 3.8) is 0 Å². The van der Waals surface area contributed by atoms with Gasteiger partial charge in [-0.3, -0.25) is 0 Å². The van der Waals surface area contributed by atoms with Crippen LogP contribution in [0.25, 0.3) is 43.4 Å². The van der Waals surface area contributed by atoms with Crippen LogP contribution in [0.5, 0.6) is 0 Å². The first-order valence-corrected chi connectivity index (χ1v) is 16.9. The van der Waals surface area contributed by atoms with Gasteiger partial charge >= 0.3 is 0 Å². The molecule has 0 amide bonds. The van der Waals surface area contributed by atoms with Crippen LogP contribution < -0.4 is 10.2 Å². The Labute approximate surface area is 273 Å². The van der Waals surface area contributed by atoms with E-state index in [1.54, 1.807) is 0 Å². The number of nitrogens with one attached hydrogen (secondary N) is 1. The first-order chi connectivity index (χ1) is 22.8. The predicted molar refractivity (Wildman–Crippen MR) is 199 cm³/mol. The maximum atomic E-state index is 3.91. The molecule has 0 bridgehead atoms. The Morgan fingerprint density at radius 2 is 1.28 bits per heavy atom. The van der Waals surface area contributed by atoms with Crippen LogP contribution in [0, 0.1) is 5.92 Å². The van der Waals surface area contributed by atoms with Gasteiger partial charge in [0.1, 0.15) is 0 Å². The minimum Gasteiger partial charge on any atom is -0.371 e. The molecule has 220 valence electrons. The molecule has 0 saturated heterocycles. The van der Waals surface area contributed by atoms with Gasteiger partial charge in [-0.25, -0.2) is 0 Å². The summed E-state index contributed by atoms with van der Waals surface area (Å²) in [5.74, 6) is 0.501. The summed E-state index contributed by atoms with van der Waals surface area (Å²) in [6, 6.07) is 50.9. The highest BCUT2D eigenvalue weighted by molar-refractivity contribution is 8.00. The van der Waals surface area contributed by atoms with E-state index >= 15 is 0 Å². The topological polar surface area (TPSA) is 15.3 Å². The number of para-hydroxylation sites is 1. The van der Waals surface area contributed by atoms with E-state index in [0.29, 0.717) is 11.3 Å². The second-order valence-corrected chi connectivity index (χ2v) is 13.4. The molecule has 1 aliphatic carbocycles. The lowest BCUT2D eigenvalue weighted by Crippen LogP contribution is -2.21. The second kappa shape index (κ2) is 11.3. The molecule has 2 atom stereocenters. The maximum Gasteiger partial charge on any atom is 0.0836 e. The summed E-state index contributed by atoms with van der Waals surface area (Å²) in [5, 5.41) is 11.9. The molecule has 9 rings (SSSR count). The normalized spacial score (nSPS) is 17.0. The van der Waals surface area contributed by atoms with Gasteiger partial charge in [0.25, 0.3) is 0 Å². The molecular weight excluding hydrogens is 577 g/mol. The average molecular weight is 609 g/mol. The number of benzene rings is 7. The van der Waals surface area contributed by atoms with Crippen molar-refractivity contribution in [3.8, 4) is 11.1 Å². The lowest BCUT2D eigenvalue weighted by molar-refractivity contribution is 0.662. The highest BCUT2D eigenvalue weighted by atomic mass is 32.2. The molecule has 3 heteroatoms. The minimum absolute atomic E-state index is 0.361. The largest absolute Gasteiger partial charge is 0.371 e.